The third-order valence-electron chi connectivity index (χ3n) is 8.98. The van der Waals surface area contributed by atoms with Crippen LogP contribution in [0.5, 0.6) is 0 Å². The molecular formula is C34H39Cl2N5O7. The minimum Gasteiger partial charge on any atom is -0.454 e. The van der Waals surface area contributed by atoms with E-state index in [1.54, 1.807) is 30.3 Å². The van der Waals surface area contributed by atoms with Crippen molar-refractivity contribution in [2.24, 2.45) is 5.92 Å². The fourth-order valence-electron chi connectivity index (χ4n) is 6.33. The Kier molecular flexibility index (Phi) is 11.9. The maximum absolute atomic E-state index is 13.7. The number of halogens is 2. The zero-order chi connectivity index (χ0) is 34.2. The molecule has 0 radical (unpaired) electrons. The molecule has 2 heterocycles. The normalized spacial score (nSPS) is 20.6. The number of carbonyl (C=O) groups is 6. The second kappa shape index (κ2) is 16.3. The molecule has 2 saturated heterocycles. The number of nitrogens with one attached hydrogen (secondary N) is 3. The molecule has 2 aromatic rings. The van der Waals surface area contributed by atoms with Gasteiger partial charge in [-0.15, -0.1) is 0 Å². The van der Waals surface area contributed by atoms with Crippen LogP contribution < -0.4 is 16.0 Å². The lowest BCUT2D eigenvalue weighted by Gasteiger charge is -2.41. The molecule has 3 N–H and O–H groups in total. The molecule has 48 heavy (non-hydrogen) atoms. The first-order chi connectivity index (χ1) is 23.1. The van der Waals surface area contributed by atoms with E-state index in [4.69, 9.17) is 27.9 Å². The predicted octanol–water partition coefficient (Wildman–Crippen LogP) is 3.83. The molecular weight excluding hydrogens is 661 g/mol. The van der Waals surface area contributed by atoms with Gasteiger partial charge in [-0.2, -0.15) is 0 Å². The van der Waals surface area contributed by atoms with E-state index >= 15 is 0 Å². The number of rotatable bonds is 10. The van der Waals surface area contributed by atoms with Gasteiger partial charge in [-0.3, -0.25) is 24.2 Å². The van der Waals surface area contributed by atoms with Gasteiger partial charge in [-0.05, 0) is 49.8 Å². The van der Waals surface area contributed by atoms with Gasteiger partial charge in [0.25, 0.3) is 5.91 Å². The lowest BCUT2D eigenvalue weighted by molar-refractivity contribution is -0.170. The van der Waals surface area contributed by atoms with Gasteiger partial charge < -0.3 is 20.7 Å². The number of nitrogens with zero attached hydrogens (tertiary/aromatic N) is 2. The van der Waals surface area contributed by atoms with Crippen molar-refractivity contribution in [2.45, 2.75) is 75.9 Å². The van der Waals surface area contributed by atoms with Crippen LogP contribution in [0, 0.1) is 5.92 Å². The average molecular weight is 701 g/mol. The number of fused-ring (bicyclic) bond motifs is 1. The summed E-state index contributed by atoms with van der Waals surface area (Å²) in [6.45, 7) is -0.631. The summed E-state index contributed by atoms with van der Waals surface area (Å²) in [6.07, 6.45) is 5.56. The van der Waals surface area contributed by atoms with E-state index in [2.05, 4.69) is 16.0 Å². The Hall–Kier alpha value is -4.16. The van der Waals surface area contributed by atoms with Gasteiger partial charge in [0.15, 0.2) is 12.4 Å². The van der Waals surface area contributed by atoms with Gasteiger partial charge in [-0.1, -0.05) is 78.9 Å². The number of amides is 5. The average Bonchev–Trinajstić information content (AvgIpc) is 3.19. The molecule has 3 fully saturated rings. The number of hydrogen-bond donors (Lipinski definition) is 3. The summed E-state index contributed by atoms with van der Waals surface area (Å²) in [7, 11) is 0. The summed E-state index contributed by atoms with van der Waals surface area (Å²) in [5.74, 6) is -3.42. The third-order valence-corrected chi connectivity index (χ3v) is 9.61. The highest BCUT2D eigenvalue weighted by molar-refractivity contribution is 6.39. The maximum atomic E-state index is 13.7. The van der Waals surface area contributed by atoms with Crippen LogP contribution in [0.25, 0.3) is 0 Å². The number of Topliss-reactive ketones (excluding diaryl/α,β-unsaturated/α-hetero) is 1. The number of hydrazine groups is 1. The monoisotopic (exact) mass is 699 g/mol. The van der Waals surface area contributed by atoms with E-state index in [1.165, 1.54) is 22.2 Å². The van der Waals surface area contributed by atoms with Crippen molar-refractivity contribution in [2.75, 3.05) is 19.7 Å². The van der Waals surface area contributed by atoms with Crippen LogP contribution in [-0.2, 0) is 30.3 Å². The lowest BCUT2D eigenvalue weighted by Crippen LogP contribution is -2.61. The summed E-state index contributed by atoms with van der Waals surface area (Å²) in [5, 5.41) is 11.2. The first kappa shape index (κ1) is 35.2. The number of esters is 1. The molecule has 1 unspecified atom stereocenters. The third kappa shape index (κ3) is 8.84. The Morgan fingerprint density at radius 2 is 1.56 bits per heavy atom. The fourth-order valence-corrected chi connectivity index (χ4v) is 6.88. The molecule has 0 aromatic heterocycles. The van der Waals surface area contributed by atoms with Crippen LogP contribution in [0.3, 0.4) is 0 Å². The van der Waals surface area contributed by atoms with Crippen LogP contribution in [0.1, 0.15) is 67.3 Å². The molecule has 14 heteroatoms. The molecule has 5 amide bonds. The van der Waals surface area contributed by atoms with Crippen molar-refractivity contribution in [3.8, 4) is 0 Å². The Balaban J connectivity index is 1.24. The van der Waals surface area contributed by atoms with Gasteiger partial charge in [0, 0.05) is 19.0 Å². The topological polar surface area (TPSA) is 154 Å². The minimum absolute atomic E-state index is 0.0461. The summed E-state index contributed by atoms with van der Waals surface area (Å²) < 4.78 is 5.25. The van der Waals surface area contributed by atoms with Crippen LogP contribution in [0.4, 0.5) is 4.79 Å². The first-order valence-corrected chi connectivity index (χ1v) is 17.0. The summed E-state index contributed by atoms with van der Waals surface area (Å²) in [6, 6.07) is 11.2. The minimum atomic E-state index is -1.06. The number of benzene rings is 2. The summed E-state index contributed by atoms with van der Waals surface area (Å²) in [4.78, 5) is 79.2. The summed E-state index contributed by atoms with van der Waals surface area (Å²) >= 11 is 12.2. The number of urea groups is 1. The van der Waals surface area contributed by atoms with Gasteiger partial charge >= 0.3 is 12.0 Å². The highest BCUT2D eigenvalue weighted by atomic mass is 35.5. The van der Waals surface area contributed by atoms with Crippen molar-refractivity contribution >= 4 is 58.7 Å². The van der Waals surface area contributed by atoms with E-state index < -0.39 is 54.2 Å². The number of ketones is 1. The molecule has 12 nitrogen and oxygen atoms in total. The Morgan fingerprint density at radius 3 is 2.27 bits per heavy atom. The molecule has 3 aliphatic rings. The highest BCUT2D eigenvalue weighted by Crippen LogP contribution is 2.26. The largest absolute Gasteiger partial charge is 0.454 e. The molecule has 256 valence electrons. The van der Waals surface area contributed by atoms with Gasteiger partial charge in [0.2, 0.25) is 11.8 Å². The Morgan fingerprint density at radius 1 is 0.854 bits per heavy atom. The van der Waals surface area contributed by atoms with Crippen molar-refractivity contribution in [3.63, 3.8) is 0 Å². The first-order valence-electron chi connectivity index (χ1n) is 16.3. The summed E-state index contributed by atoms with van der Waals surface area (Å²) in [5.41, 5.74) is 0.695. The molecule has 0 bridgehead atoms. The number of ether oxygens (including phenoxy) is 1. The van der Waals surface area contributed by atoms with Crippen LogP contribution >= 0.6 is 23.2 Å². The zero-order valence-corrected chi connectivity index (χ0v) is 27.9. The van der Waals surface area contributed by atoms with Gasteiger partial charge in [0.1, 0.15) is 6.04 Å². The lowest BCUT2D eigenvalue weighted by atomic mass is 9.96. The quantitative estimate of drug-likeness (QED) is 0.319. The zero-order valence-electron chi connectivity index (χ0n) is 26.4. The van der Waals surface area contributed by atoms with E-state index in [0.29, 0.717) is 0 Å². The molecule has 3 atom stereocenters. The van der Waals surface area contributed by atoms with E-state index in [9.17, 15) is 28.8 Å². The van der Waals surface area contributed by atoms with E-state index in [-0.39, 0.29) is 66.3 Å². The van der Waals surface area contributed by atoms with Crippen molar-refractivity contribution in [1.29, 1.82) is 0 Å². The van der Waals surface area contributed by atoms with Crippen LogP contribution in [-0.4, -0.2) is 83.3 Å². The van der Waals surface area contributed by atoms with E-state index in [1.807, 2.05) is 6.07 Å². The SMILES string of the molecule is O=C(NC1CCCCC1)N[C@H]1CCC(=O)N2CCC(C(=O)N[C@@H](Cc3ccccc3)C(=O)COC(=O)c3c(Cl)cccc3Cl)CN2C1=O. The van der Waals surface area contributed by atoms with E-state index in [0.717, 1.165) is 37.7 Å². The van der Waals surface area contributed by atoms with Gasteiger partial charge in [-0.25, -0.2) is 14.6 Å². The maximum Gasteiger partial charge on any atom is 0.341 e. The molecule has 2 aromatic carbocycles. The Labute approximate surface area is 288 Å². The molecule has 0 spiro atoms. The van der Waals surface area contributed by atoms with Crippen LogP contribution in [0.15, 0.2) is 48.5 Å². The molecule has 1 aliphatic carbocycles. The van der Waals surface area contributed by atoms with Crippen molar-refractivity contribution < 1.29 is 33.5 Å². The smallest absolute Gasteiger partial charge is 0.341 e. The van der Waals surface area contributed by atoms with Crippen molar-refractivity contribution in [3.05, 3.63) is 69.7 Å². The molecule has 1 saturated carbocycles. The van der Waals surface area contributed by atoms with Crippen molar-refractivity contribution in [1.82, 2.24) is 26.0 Å². The standard InChI is InChI=1S/C34H39Cl2N5O7/c35-24-12-7-13-25(36)30(24)33(46)48-20-28(42)27(18-21-8-3-1-4-9-21)38-31(44)22-16-17-40-29(43)15-14-26(32(45)41(40)19-22)39-34(47)37-23-10-5-2-6-11-23/h1,3-4,7-9,12-13,22-23,26-27H,2,5-6,10-11,14-20H2,(H,38,44)(H2,37,39,47)/t22?,26-,27-/m0/s1. The second-order valence-electron chi connectivity index (χ2n) is 12.4. The van der Waals surface area contributed by atoms with Gasteiger partial charge in [0.05, 0.1) is 34.1 Å². The fraction of sp³-hybridized carbons (Fsp3) is 0.471. The Bertz CT molecular complexity index is 1510. The number of hydrogen-bond acceptors (Lipinski definition) is 7. The molecule has 5 rings (SSSR count). The van der Waals surface area contributed by atoms with Crippen LogP contribution in [0.2, 0.25) is 10.0 Å². The molecule has 2 aliphatic heterocycles. The highest BCUT2D eigenvalue weighted by Gasteiger charge is 2.42. The second-order valence-corrected chi connectivity index (χ2v) is 13.2. The predicted molar refractivity (Wildman–Crippen MR) is 177 cm³/mol. The number of carbonyl (C=O) groups excluding carboxylic acids is 6.